The molecule has 0 spiro atoms. The number of para-hydroxylation sites is 1. The number of hydrogen-bond donors (Lipinski definition) is 1. The second-order valence-corrected chi connectivity index (χ2v) is 9.95. The Morgan fingerprint density at radius 3 is 2.66 bits per heavy atom. The van der Waals surface area contributed by atoms with Crippen molar-refractivity contribution in [2.24, 2.45) is 0 Å². The van der Waals surface area contributed by atoms with Gasteiger partial charge in [0.25, 0.3) is 0 Å². The molecule has 0 aliphatic carbocycles. The van der Waals surface area contributed by atoms with Crippen LogP contribution in [0.1, 0.15) is 37.5 Å². The van der Waals surface area contributed by atoms with Crippen molar-refractivity contribution >= 4 is 29.2 Å². The van der Waals surface area contributed by atoms with Gasteiger partial charge in [0, 0.05) is 30.8 Å². The average Bonchev–Trinajstić information content (AvgIpc) is 2.79. The van der Waals surface area contributed by atoms with E-state index in [0.29, 0.717) is 36.8 Å². The Kier molecular flexibility index (Phi) is 6.70. The van der Waals surface area contributed by atoms with Crippen molar-refractivity contribution in [3.05, 3.63) is 47.0 Å². The van der Waals surface area contributed by atoms with Crippen LogP contribution in [-0.4, -0.2) is 48.0 Å². The molecule has 1 amide bonds. The number of hydrogen-bond acceptors (Lipinski definition) is 7. The maximum atomic E-state index is 12.8. The first kappa shape index (κ1) is 22.6. The molecule has 2 aliphatic heterocycles. The van der Waals surface area contributed by atoms with Gasteiger partial charge in [0.1, 0.15) is 16.9 Å². The summed E-state index contributed by atoms with van der Waals surface area (Å²) >= 11 is 1.33. The van der Waals surface area contributed by atoms with Crippen LogP contribution in [-0.2, 0) is 27.3 Å². The molecule has 1 aromatic heterocycles. The zero-order valence-electron chi connectivity index (χ0n) is 18.7. The van der Waals surface area contributed by atoms with Gasteiger partial charge in [0.2, 0.25) is 5.91 Å². The number of rotatable bonds is 5. The molecule has 7 nitrogen and oxygen atoms in total. The number of anilines is 2. The van der Waals surface area contributed by atoms with E-state index in [2.05, 4.69) is 16.3 Å². The number of nitrogens with one attached hydrogen (secondary N) is 1. The second kappa shape index (κ2) is 9.49. The maximum Gasteiger partial charge on any atom is 0.237 e. The molecule has 3 heterocycles. The number of amides is 1. The number of aromatic nitrogens is 1. The summed E-state index contributed by atoms with van der Waals surface area (Å²) in [6, 6.07) is 11.7. The Balaban J connectivity index is 1.67. The van der Waals surface area contributed by atoms with Crippen molar-refractivity contribution in [1.82, 2.24) is 4.98 Å². The molecule has 1 fully saturated rings. The minimum Gasteiger partial charge on any atom is -0.378 e. The van der Waals surface area contributed by atoms with Crippen LogP contribution >= 0.6 is 11.8 Å². The third-order valence-corrected chi connectivity index (χ3v) is 6.77. The fourth-order valence-corrected chi connectivity index (χ4v) is 4.88. The lowest BCUT2D eigenvalue weighted by molar-refractivity contribution is -0.115. The zero-order valence-corrected chi connectivity index (χ0v) is 19.5. The molecule has 4 rings (SSSR count). The normalized spacial score (nSPS) is 18.4. The Labute approximate surface area is 193 Å². The van der Waals surface area contributed by atoms with E-state index in [4.69, 9.17) is 14.5 Å². The van der Waals surface area contributed by atoms with Crippen molar-refractivity contribution < 1.29 is 14.3 Å². The number of carbonyl (C=O) groups excluding carboxylic acids is 1. The summed E-state index contributed by atoms with van der Waals surface area (Å²) in [6.07, 6.45) is 0.628. The molecule has 1 atom stereocenters. The van der Waals surface area contributed by atoms with Crippen molar-refractivity contribution in [3.63, 3.8) is 0 Å². The number of fused-ring (bicyclic) bond motifs is 1. The highest BCUT2D eigenvalue weighted by Gasteiger charge is 2.34. The van der Waals surface area contributed by atoms with Gasteiger partial charge in [0.05, 0.1) is 36.2 Å². The van der Waals surface area contributed by atoms with Crippen molar-refractivity contribution in [2.45, 2.75) is 49.7 Å². The van der Waals surface area contributed by atoms with Crippen LogP contribution < -0.4 is 10.2 Å². The highest BCUT2D eigenvalue weighted by Crippen LogP contribution is 2.39. The second-order valence-electron chi connectivity index (χ2n) is 8.62. The van der Waals surface area contributed by atoms with E-state index >= 15 is 0 Å². The number of morpholine rings is 1. The van der Waals surface area contributed by atoms with Gasteiger partial charge < -0.3 is 19.7 Å². The summed E-state index contributed by atoms with van der Waals surface area (Å²) < 4.78 is 11.6. The summed E-state index contributed by atoms with van der Waals surface area (Å²) in [5, 5.41) is 13.2. The van der Waals surface area contributed by atoms with E-state index in [1.165, 1.54) is 11.8 Å². The topological polar surface area (TPSA) is 87.5 Å². The molecule has 8 heteroatoms. The summed E-state index contributed by atoms with van der Waals surface area (Å²) in [7, 11) is 0. The fraction of sp³-hybridized carbons (Fsp3) is 0.458. The molecular weight excluding hydrogens is 424 g/mol. The van der Waals surface area contributed by atoms with Crippen molar-refractivity contribution in [3.8, 4) is 6.07 Å². The minimum atomic E-state index is -0.418. The first-order chi connectivity index (χ1) is 15.4. The van der Waals surface area contributed by atoms with Crippen LogP contribution in [0.5, 0.6) is 0 Å². The fourth-order valence-electron chi connectivity index (χ4n) is 3.95. The van der Waals surface area contributed by atoms with Crippen LogP contribution in [0.15, 0.2) is 35.4 Å². The maximum absolute atomic E-state index is 12.8. The molecule has 0 saturated carbocycles. The zero-order chi connectivity index (χ0) is 22.7. The first-order valence-electron chi connectivity index (χ1n) is 10.8. The Hall–Kier alpha value is -2.60. The molecule has 1 N–H and O–H groups in total. The minimum absolute atomic E-state index is 0.124. The molecule has 0 unspecified atom stereocenters. The molecule has 2 aliphatic rings. The summed E-state index contributed by atoms with van der Waals surface area (Å²) in [5.41, 5.74) is 2.90. The highest BCUT2D eigenvalue weighted by atomic mass is 32.2. The van der Waals surface area contributed by atoms with Crippen LogP contribution in [0.3, 0.4) is 0 Å². The molecule has 1 saturated heterocycles. The van der Waals surface area contributed by atoms with Gasteiger partial charge in [-0.3, -0.25) is 4.79 Å². The molecule has 0 radical (unpaired) electrons. The molecular formula is C24H28N4O3S. The van der Waals surface area contributed by atoms with Crippen molar-refractivity contribution in [2.75, 3.05) is 36.5 Å². The van der Waals surface area contributed by atoms with E-state index < -0.39 is 5.25 Å². The third kappa shape index (κ3) is 4.90. The molecule has 32 heavy (non-hydrogen) atoms. The number of pyridine rings is 1. The highest BCUT2D eigenvalue weighted by molar-refractivity contribution is 8.00. The molecule has 0 bridgehead atoms. The van der Waals surface area contributed by atoms with Crippen LogP contribution in [0.2, 0.25) is 0 Å². The number of nitriles is 1. The monoisotopic (exact) mass is 452 g/mol. The van der Waals surface area contributed by atoms with Gasteiger partial charge in [-0.15, -0.1) is 0 Å². The SMILES string of the molecule is C[C@H](Sc1nc(N2CCOCC2)c2c(c1C#N)CC(C)(C)OC2)C(=O)Nc1ccccc1. The smallest absolute Gasteiger partial charge is 0.237 e. The predicted octanol–water partition coefficient (Wildman–Crippen LogP) is 3.76. The standard InChI is InChI=1S/C24H28N4O3S/c1-16(22(29)26-17-7-5-4-6-8-17)32-23-19(14-25)18-13-24(2,3)31-15-20(18)21(27-23)28-9-11-30-12-10-28/h4-8,16H,9-13,15H2,1-3H3,(H,26,29)/t16-/m0/s1. The van der Waals surface area contributed by atoms with Crippen LogP contribution in [0.25, 0.3) is 0 Å². The largest absolute Gasteiger partial charge is 0.378 e. The van der Waals surface area contributed by atoms with Crippen molar-refractivity contribution in [1.29, 1.82) is 5.26 Å². The van der Waals surface area contributed by atoms with Crippen LogP contribution in [0, 0.1) is 11.3 Å². The van der Waals surface area contributed by atoms with Gasteiger partial charge in [-0.05, 0) is 38.5 Å². The van der Waals surface area contributed by atoms with Gasteiger partial charge >= 0.3 is 0 Å². The Morgan fingerprint density at radius 1 is 1.25 bits per heavy atom. The number of carbonyl (C=O) groups is 1. The quantitative estimate of drug-likeness (QED) is 0.691. The van der Waals surface area contributed by atoms with Crippen LogP contribution in [0.4, 0.5) is 11.5 Å². The average molecular weight is 453 g/mol. The van der Waals surface area contributed by atoms with Gasteiger partial charge in [-0.2, -0.15) is 5.26 Å². The predicted molar refractivity (Wildman–Crippen MR) is 125 cm³/mol. The van der Waals surface area contributed by atoms with E-state index in [-0.39, 0.29) is 11.5 Å². The molecule has 2 aromatic rings. The summed E-state index contributed by atoms with van der Waals surface area (Å²) in [4.78, 5) is 19.9. The number of thioether (sulfide) groups is 1. The molecule has 1 aromatic carbocycles. The third-order valence-electron chi connectivity index (χ3n) is 5.69. The van der Waals surface area contributed by atoms with Gasteiger partial charge in [0.15, 0.2) is 0 Å². The lowest BCUT2D eigenvalue weighted by atomic mass is 9.89. The summed E-state index contributed by atoms with van der Waals surface area (Å²) in [6.45, 7) is 9.09. The summed E-state index contributed by atoms with van der Waals surface area (Å²) in [5.74, 6) is 0.720. The van der Waals surface area contributed by atoms with Gasteiger partial charge in [-0.25, -0.2) is 4.98 Å². The van der Waals surface area contributed by atoms with E-state index in [1.807, 2.05) is 51.1 Å². The molecule has 168 valence electrons. The van der Waals surface area contributed by atoms with E-state index in [9.17, 15) is 10.1 Å². The lowest BCUT2D eigenvalue weighted by Crippen LogP contribution is -2.40. The Bertz CT molecular complexity index is 1030. The first-order valence-corrected chi connectivity index (χ1v) is 11.7. The number of benzene rings is 1. The van der Waals surface area contributed by atoms with Gasteiger partial charge in [-0.1, -0.05) is 30.0 Å². The number of nitrogens with zero attached hydrogens (tertiary/aromatic N) is 3. The van der Waals surface area contributed by atoms with E-state index in [1.54, 1.807) is 0 Å². The number of ether oxygens (including phenoxy) is 2. The Morgan fingerprint density at radius 2 is 1.97 bits per heavy atom. The lowest BCUT2D eigenvalue weighted by Gasteiger charge is -2.37. The van der Waals surface area contributed by atoms with E-state index in [0.717, 1.165) is 35.7 Å².